The molecule has 14 heavy (non-hydrogen) atoms. The second-order valence-electron chi connectivity index (χ2n) is 3.55. The van der Waals surface area contributed by atoms with Gasteiger partial charge in [-0.05, 0) is 32.6 Å². The number of aliphatic carboxylic acids is 1. The molecule has 1 aliphatic rings. The zero-order valence-electron chi connectivity index (χ0n) is 8.96. The van der Waals surface area contributed by atoms with Gasteiger partial charge in [-0.25, -0.2) is 4.79 Å². The lowest BCUT2D eigenvalue weighted by molar-refractivity contribution is -0.132. The third kappa shape index (κ3) is 9.04. The highest BCUT2D eigenvalue weighted by atomic mass is 16.4. The van der Waals surface area contributed by atoms with E-state index in [0.29, 0.717) is 0 Å². The number of carboxylic acid groups (broad SMARTS) is 1. The fourth-order valence-corrected chi connectivity index (χ4v) is 1.11. The van der Waals surface area contributed by atoms with Gasteiger partial charge in [0.05, 0.1) is 0 Å². The maximum Gasteiger partial charge on any atom is 0.330 e. The van der Waals surface area contributed by atoms with Gasteiger partial charge in [-0.1, -0.05) is 31.6 Å². The van der Waals surface area contributed by atoms with Gasteiger partial charge < -0.3 is 5.11 Å². The summed E-state index contributed by atoms with van der Waals surface area (Å²) in [6.07, 6.45) is 13.0. The van der Waals surface area contributed by atoms with Crippen LogP contribution in [0.1, 0.15) is 45.4 Å². The molecule has 0 unspecified atom stereocenters. The quantitative estimate of drug-likeness (QED) is 0.514. The second-order valence-corrected chi connectivity index (χ2v) is 3.55. The summed E-state index contributed by atoms with van der Waals surface area (Å²) in [6, 6.07) is 0. The van der Waals surface area contributed by atoms with Crippen molar-refractivity contribution in [3.8, 4) is 0 Å². The minimum absolute atomic E-state index is 0.176. The lowest BCUT2D eigenvalue weighted by Crippen LogP contribution is -1.92. The van der Waals surface area contributed by atoms with Crippen LogP contribution in [-0.4, -0.2) is 11.1 Å². The molecule has 80 valence electrons. The van der Waals surface area contributed by atoms with Crippen LogP contribution in [0, 0.1) is 0 Å². The Morgan fingerprint density at radius 1 is 1.14 bits per heavy atom. The van der Waals surface area contributed by atoms with Crippen molar-refractivity contribution in [1.29, 1.82) is 0 Å². The van der Waals surface area contributed by atoms with Crippen LogP contribution in [0.3, 0.4) is 0 Å². The van der Waals surface area contributed by atoms with Gasteiger partial charge in [-0.3, -0.25) is 0 Å². The van der Waals surface area contributed by atoms with Crippen molar-refractivity contribution in [2.45, 2.75) is 45.4 Å². The first kappa shape index (κ1) is 12.9. The molecule has 0 fully saturated rings. The Balaban J connectivity index is 0.000000255. The third-order valence-corrected chi connectivity index (χ3v) is 2.02. The molecular weight excluding hydrogens is 176 g/mol. The van der Waals surface area contributed by atoms with Crippen LogP contribution >= 0.6 is 0 Å². The van der Waals surface area contributed by atoms with Gasteiger partial charge in [0.1, 0.15) is 0 Å². The first-order chi connectivity index (χ1) is 6.64. The molecule has 0 atom stereocenters. The number of hydrogen-bond acceptors (Lipinski definition) is 1. The Morgan fingerprint density at radius 3 is 1.79 bits per heavy atom. The zero-order valence-corrected chi connectivity index (χ0v) is 8.96. The van der Waals surface area contributed by atoms with Gasteiger partial charge in [-0.15, -0.1) is 0 Å². The van der Waals surface area contributed by atoms with E-state index in [-0.39, 0.29) is 5.57 Å². The van der Waals surface area contributed by atoms with E-state index >= 15 is 0 Å². The Kier molecular flexibility index (Phi) is 7.90. The van der Waals surface area contributed by atoms with Gasteiger partial charge in [0, 0.05) is 5.57 Å². The van der Waals surface area contributed by atoms with Gasteiger partial charge >= 0.3 is 5.97 Å². The first-order valence-electron chi connectivity index (χ1n) is 5.18. The smallest absolute Gasteiger partial charge is 0.330 e. The van der Waals surface area contributed by atoms with Gasteiger partial charge in [0.2, 0.25) is 0 Å². The fourth-order valence-electron chi connectivity index (χ4n) is 1.11. The molecule has 0 aromatic rings. The van der Waals surface area contributed by atoms with E-state index < -0.39 is 5.97 Å². The highest BCUT2D eigenvalue weighted by molar-refractivity contribution is 5.84. The highest BCUT2D eigenvalue weighted by Gasteiger charge is 1.90. The molecule has 0 heterocycles. The second kappa shape index (κ2) is 8.54. The van der Waals surface area contributed by atoms with E-state index in [2.05, 4.69) is 18.7 Å². The first-order valence-corrected chi connectivity index (χ1v) is 5.18. The molecule has 1 N–H and O–H groups in total. The van der Waals surface area contributed by atoms with E-state index in [9.17, 15) is 4.79 Å². The Labute approximate surface area is 86.3 Å². The topological polar surface area (TPSA) is 37.3 Å². The number of carboxylic acids is 1. The van der Waals surface area contributed by atoms with Crippen molar-refractivity contribution >= 4 is 5.97 Å². The van der Waals surface area contributed by atoms with E-state index in [4.69, 9.17) is 5.11 Å². The van der Waals surface area contributed by atoms with Crippen LogP contribution in [0.15, 0.2) is 24.3 Å². The molecule has 0 radical (unpaired) electrons. The number of carbonyl (C=O) groups is 1. The van der Waals surface area contributed by atoms with Crippen molar-refractivity contribution in [1.82, 2.24) is 0 Å². The van der Waals surface area contributed by atoms with Crippen molar-refractivity contribution in [3.05, 3.63) is 24.3 Å². The summed E-state index contributed by atoms with van der Waals surface area (Å²) in [5.41, 5.74) is 0.176. The molecule has 1 rings (SSSR count). The molecule has 0 aliphatic heterocycles. The van der Waals surface area contributed by atoms with Crippen LogP contribution < -0.4 is 0 Å². The Morgan fingerprint density at radius 2 is 1.50 bits per heavy atom. The van der Waals surface area contributed by atoms with Gasteiger partial charge in [0.15, 0.2) is 0 Å². The summed E-state index contributed by atoms with van der Waals surface area (Å²) in [4.78, 5) is 9.60. The summed E-state index contributed by atoms with van der Waals surface area (Å²) >= 11 is 0. The van der Waals surface area contributed by atoms with Crippen molar-refractivity contribution < 1.29 is 9.90 Å². The van der Waals surface area contributed by atoms with Crippen LogP contribution in [0.5, 0.6) is 0 Å². The number of rotatable bonds is 1. The van der Waals surface area contributed by atoms with Crippen LogP contribution in [0.25, 0.3) is 0 Å². The lowest BCUT2D eigenvalue weighted by Gasteiger charge is -2.00. The van der Waals surface area contributed by atoms with E-state index in [1.165, 1.54) is 45.4 Å². The highest BCUT2D eigenvalue weighted by Crippen LogP contribution is 2.09. The molecule has 0 bridgehead atoms. The maximum atomic E-state index is 9.60. The molecule has 1 aliphatic carbocycles. The van der Waals surface area contributed by atoms with Crippen molar-refractivity contribution in [2.75, 3.05) is 0 Å². The average molecular weight is 196 g/mol. The molecule has 2 nitrogen and oxygen atoms in total. The Bertz CT molecular complexity index is 182. The minimum atomic E-state index is -0.935. The van der Waals surface area contributed by atoms with Crippen LogP contribution in [0.2, 0.25) is 0 Å². The maximum absolute atomic E-state index is 9.60. The largest absolute Gasteiger partial charge is 0.478 e. The normalized spacial score (nSPS) is 18.1. The van der Waals surface area contributed by atoms with Gasteiger partial charge in [0.25, 0.3) is 0 Å². The van der Waals surface area contributed by atoms with E-state index in [1.807, 2.05) is 0 Å². The Hall–Kier alpha value is -1.05. The lowest BCUT2D eigenvalue weighted by atomic mass is 10.1. The monoisotopic (exact) mass is 196 g/mol. The third-order valence-electron chi connectivity index (χ3n) is 2.02. The van der Waals surface area contributed by atoms with Crippen molar-refractivity contribution in [3.63, 3.8) is 0 Å². The van der Waals surface area contributed by atoms with E-state index in [0.717, 1.165) is 0 Å². The van der Waals surface area contributed by atoms with Crippen LogP contribution in [-0.2, 0) is 4.79 Å². The molecule has 0 aromatic heterocycles. The molecule has 0 spiro atoms. The predicted molar refractivity (Wildman–Crippen MR) is 59.3 cm³/mol. The van der Waals surface area contributed by atoms with E-state index in [1.54, 1.807) is 0 Å². The summed E-state index contributed by atoms with van der Waals surface area (Å²) in [5.74, 6) is -0.935. The molecule has 0 aromatic carbocycles. The summed E-state index contributed by atoms with van der Waals surface area (Å²) in [7, 11) is 0. The molecule has 2 heteroatoms. The molecule has 0 saturated carbocycles. The fraction of sp³-hybridized carbons (Fsp3) is 0.583. The summed E-state index contributed by atoms with van der Waals surface area (Å²) in [5, 5.41) is 7.89. The SMILES string of the molecule is C1=C\CCCCCC/1.C=C(C)C(=O)O. The standard InChI is InChI=1S/C8H14.C4H6O2/c1-2-4-6-8-7-5-3-1;1-3(2)4(5)6/h1-2H,3-8H2;1H2,2H3,(H,5,6)/b2-1-;. The number of allylic oxidation sites excluding steroid dienone is 2. The average Bonchev–Trinajstić information content (AvgIpc) is 2.03. The van der Waals surface area contributed by atoms with Crippen molar-refractivity contribution in [2.24, 2.45) is 0 Å². The summed E-state index contributed by atoms with van der Waals surface area (Å²) in [6.45, 7) is 4.60. The predicted octanol–water partition coefficient (Wildman–Crippen LogP) is 3.54. The summed E-state index contributed by atoms with van der Waals surface area (Å²) < 4.78 is 0. The minimum Gasteiger partial charge on any atom is -0.478 e. The molecule has 0 saturated heterocycles. The zero-order chi connectivity index (χ0) is 10.8. The van der Waals surface area contributed by atoms with Crippen LogP contribution in [0.4, 0.5) is 0 Å². The molecule has 0 amide bonds. The number of hydrogen-bond donors (Lipinski definition) is 1. The molecular formula is C12H20O2. The van der Waals surface area contributed by atoms with Gasteiger partial charge in [-0.2, -0.15) is 0 Å².